The molecule has 0 saturated carbocycles. The van der Waals surface area contributed by atoms with Crippen molar-refractivity contribution < 1.29 is 9.59 Å². The normalized spacial score (nSPS) is 12.5. The van der Waals surface area contributed by atoms with Gasteiger partial charge in [0, 0.05) is 5.56 Å². The molecule has 0 radical (unpaired) electrons. The molecule has 1 atom stereocenters. The molecule has 0 fully saturated rings. The summed E-state index contributed by atoms with van der Waals surface area (Å²) in [5.74, 6) is -0.901. The molecule has 1 rings (SSSR count). The van der Waals surface area contributed by atoms with E-state index in [1.165, 1.54) is 4.90 Å². The summed E-state index contributed by atoms with van der Waals surface area (Å²) in [7, 11) is 3.30. The van der Waals surface area contributed by atoms with E-state index >= 15 is 0 Å². The average Bonchev–Trinajstić information content (AvgIpc) is 2.18. The fourth-order valence-corrected chi connectivity index (χ4v) is 1.38. The number of likely N-dealkylation sites (N-methyl/N-ethyl adjacent to an activating group) is 1. The molecule has 0 aliphatic heterocycles. The van der Waals surface area contributed by atoms with E-state index in [-0.39, 0.29) is 5.78 Å². The first-order valence-corrected chi connectivity index (χ1v) is 4.59. The van der Waals surface area contributed by atoms with Crippen LogP contribution in [0.1, 0.15) is 10.4 Å². The Labute approximate surface area is 88.7 Å². The van der Waals surface area contributed by atoms with Gasteiger partial charge in [0.05, 0.1) is 0 Å². The SMILES string of the molecule is CN(C)[C@@H](C(N)=O)C(=O)c1ccccc1. The number of nitrogens with zero attached hydrogens (tertiary/aromatic N) is 1. The zero-order valence-corrected chi connectivity index (χ0v) is 8.81. The van der Waals surface area contributed by atoms with Gasteiger partial charge in [-0.25, -0.2) is 0 Å². The van der Waals surface area contributed by atoms with Gasteiger partial charge in [-0.05, 0) is 14.1 Å². The molecule has 0 saturated heterocycles. The summed E-state index contributed by atoms with van der Waals surface area (Å²) in [6.07, 6.45) is 0. The summed E-state index contributed by atoms with van der Waals surface area (Å²) in [5, 5.41) is 0. The summed E-state index contributed by atoms with van der Waals surface area (Å²) in [6, 6.07) is 7.75. The zero-order chi connectivity index (χ0) is 11.4. The van der Waals surface area contributed by atoms with Crippen LogP contribution in [-0.4, -0.2) is 36.7 Å². The molecule has 0 unspecified atom stereocenters. The zero-order valence-electron chi connectivity index (χ0n) is 8.81. The van der Waals surface area contributed by atoms with Gasteiger partial charge in [0.2, 0.25) is 5.91 Å². The Morgan fingerprint density at radius 3 is 2.13 bits per heavy atom. The number of rotatable bonds is 4. The van der Waals surface area contributed by atoms with E-state index < -0.39 is 11.9 Å². The standard InChI is InChI=1S/C11H14N2O2/c1-13(2)9(11(12)15)10(14)8-6-4-3-5-7-8/h3-7,9H,1-2H3,(H2,12,15)/t9-/m1/s1. The van der Waals surface area contributed by atoms with Crippen LogP contribution in [0.2, 0.25) is 0 Å². The number of hydrogen-bond donors (Lipinski definition) is 1. The van der Waals surface area contributed by atoms with E-state index in [9.17, 15) is 9.59 Å². The lowest BCUT2D eigenvalue weighted by atomic mass is 10.0. The van der Waals surface area contributed by atoms with Gasteiger partial charge in [-0.2, -0.15) is 0 Å². The van der Waals surface area contributed by atoms with Gasteiger partial charge in [0.15, 0.2) is 11.8 Å². The van der Waals surface area contributed by atoms with Crippen LogP contribution < -0.4 is 5.73 Å². The van der Waals surface area contributed by atoms with Gasteiger partial charge in [-0.15, -0.1) is 0 Å². The van der Waals surface area contributed by atoms with E-state index in [1.807, 2.05) is 6.07 Å². The topological polar surface area (TPSA) is 63.4 Å². The second kappa shape index (κ2) is 4.70. The van der Waals surface area contributed by atoms with E-state index in [1.54, 1.807) is 38.4 Å². The van der Waals surface area contributed by atoms with Crippen molar-refractivity contribution in [1.82, 2.24) is 4.90 Å². The highest BCUT2D eigenvalue weighted by Gasteiger charge is 2.27. The number of amides is 1. The molecule has 1 aromatic rings. The summed E-state index contributed by atoms with van der Waals surface area (Å²) < 4.78 is 0. The van der Waals surface area contributed by atoms with Crippen molar-refractivity contribution in [3.05, 3.63) is 35.9 Å². The van der Waals surface area contributed by atoms with Crippen molar-refractivity contribution in [1.29, 1.82) is 0 Å². The van der Waals surface area contributed by atoms with Crippen LogP contribution in [0.25, 0.3) is 0 Å². The molecule has 0 aromatic heterocycles. The fourth-order valence-electron chi connectivity index (χ4n) is 1.38. The van der Waals surface area contributed by atoms with Crippen molar-refractivity contribution in [2.45, 2.75) is 6.04 Å². The number of ketones is 1. The van der Waals surface area contributed by atoms with E-state index in [2.05, 4.69) is 0 Å². The molecule has 0 aliphatic rings. The molecule has 2 N–H and O–H groups in total. The molecule has 1 amide bonds. The maximum absolute atomic E-state index is 11.9. The third-order valence-corrected chi connectivity index (χ3v) is 2.09. The highest BCUT2D eigenvalue weighted by Crippen LogP contribution is 2.06. The predicted octanol–water partition coefficient (Wildman–Crippen LogP) is 0.285. The largest absolute Gasteiger partial charge is 0.368 e. The number of Topliss-reactive ketones (excluding diaryl/α,β-unsaturated/α-hetero) is 1. The molecule has 0 heterocycles. The summed E-state index contributed by atoms with van der Waals surface area (Å²) in [4.78, 5) is 24.5. The third-order valence-electron chi connectivity index (χ3n) is 2.09. The molecular formula is C11H14N2O2. The molecule has 80 valence electrons. The van der Waals surface area contributed by atoms with Crippen molar-refractivity contribution >= 4 is 11.7 Å². The lowest BCUT2D eigenvalue weighted by Crippen LogP contribution is -2.46. The average molecular weight is 206 g/mol. The van der Waals surface area contributed by atoms with Crippen LogP contribution in [0, 0.1) is 0 Å². The van der Waals surface area contributed by atoms with Gasteiger partial charge in [-0.1, -0.05) is 30.3 Å². The Bertz CT molecular complexity index is 360. The van der Waals surface area contributed by atoms with Crippen molar-refractivity contribution in [2.24, 2.45) is 5.73 Å². The van der Waals surface area contributed by atoms with Crippen LogP contribution >= 0.6 is 0 Å². The van der Waals surface area contributed by atoms with Crippen LogP contribution in [0.4, 0.5) is 0 Å². The van der Waals surface area contributed by atoms with E-state index in [0.717, 1.165) is 0 Å². The smallest absolute Gasteiger partial charge is 0.242 e. The van der Waals surface area contributed by atoms with Crippen molar-refractivity contribution in [3.8, 4) is 0 Å². The Morgan fingerprint density at radius 2 is 1.73 bits per heavy atom. The van der Waals surface area contributed by atoms with E-state index in [0.29, 0.717) is 5.56 Å². The highest BCUT2D eigenvalue weighted by molar-refractivity contribution is 6.13. The molecule has 0 aliphatic carbocycles. The second-order valence-corrected chi connectivity index (χ2v) is 3.50. The Hall–Kier alpha value is -1.68. The molecule has 4 nitrogen and oxygen atoms in total. The van der Waals surface area contributed by atoms with Gasteiger partial charge < -0.3 is 5.73 Å². The molecule has 0 spiro atoms. The number of hydrogen-bond acceptors (Lipinski definition) is 3. The monoisotopic (exact) mass is 206 g/mol. The lowest BCUT2D eigenvalue weighted by molar-refractivity contribution is -0.120. The minimum Gasteiger partial charge on any atom is -0.368 e. The quantitative estimate of drug-likeness (QED) is 0.568. The second-order valence-electron chi connectivity index (χ2n) is 3.50. The molecule has 1 aromatic carbocycles. The molecular weight excluding hydrogens is 192 g/mol. The van der Waals surface area contributed by atoms with E-state index in [4.69, 9.17) is 5.73 Å². The van der Waals surface area contributed by atoms with Gasteiger partial charge in [-0.3, -0.25) is 14.5 Å². The lowest BCUT2D eigenvalue weighted by Gasteiger charge is -2.19. The predicted molar refractivity (Wildman–Crippen MR) is 57.4 cm³/mol. The third kappa shape index (κ3) is 2.63. The van der Waals surface area contributed by atoms with Crippen LogP contribution in [0.15, 0.2) is 30.3 Å². The van der Waals surface area contributed by atoms with Gasteiger partial charge in [0.25, 0.3) is 0 Å². The van der Waals surface area contributed by atoms with Crippen molar-refractivity contribution in [3.63, 3.8) is 0 Å². The Kier molecular flexibility index (Phi) is 3.57. The summed E-state index contributed by atoms with van der Waals surface area (Å²) in [6.45, 7) is 0. The van der Waals surface area contributed by atoms with Crippen molar-refractivity contribution in [2.75, 3.05) is 14.1 Å². The number of nitrogens with two attached hydrogens (primary N) is 1. The maximum Gasteiger partial charge on any atom is 0.242 e. The first-order chi connectivity index (χ1) is 7.04. The van der Waals surface area contributed by atoms with Crippen LogP contribution in [0.5, 0.6) is 0 Å². The van der Waals surface area contributed by atoms with Gasteiger partial charge in [0.1, 0.15) is 0 Å². The Morgan fingerprint density at radius 1 is 1.20 bits per heavy atom. The molecule has 0 bridgehead atoms. The molecule has 15 heavy (non-hydrogen) atoms. The fraction of sp³-hybridized carbons (Fsp3) is 0.273. The number of primary amides is 1. The van der Waals surface area contributed by atoms with Gasteiger partial charge >= 0.3 is 0 Å². The summed E-state index contributed by atoms with van der Waals surface area (Å²) >= 11 is 0. The number of carbonyl (C=O) groups is 2. The number of benzene rings is 1. The minimum absolute atomic E-state index is 0.270. The van der Waals surface area contributed by atoms with Crippen LogP contribution in [-0.2, 0) is 4.79 Å². The minimum atomic E-state index is -0.896. The molecule has 4 heteroatoms. The first-order valence-electron chi connectivity index (χ1n) is 4.59. The summed E-state index contributed by atoms with van der Waals surface area (Å²) in [5.41, 5.74) is 5.67. The number of carbonyl (C=O) groups excluding carboxylic acids is 2. The highest BCUT2D eigenvalue weighted by atomic mass is 16.2. The Balaban J connectivity index is 2.97. The maximum atomic E-state index is 11.9. The first kappa shape index (κ1) is 11.4. The van der Waals surface area contributed by atoms with Crippen LogP contribution in [0.3, 0.4) is 0 Å².